The maximum absolute atomic E-state index is 11.9. The normalized spacial score (nSPS) is 16.9. The molecule has 0 spiro atoms. The van der Waals surface area contributed by atoms with E-state index < -0.39 is 0 Å². The molecule has 0 radical (unpaired) electrons. The minimum Gasteiger partial charge on any atom is -0.342 e. The first-order valence-corrected chi connectivity index (χ1v) is 7.41. The first-order chi connectivity index (χ1) is 8.66. The molecule has 1 aromatic rings. The molecule has 1 unspecified atom stereocenters. The molecule has 0 aromatic heterocycles. The van der Waals surface area contributed by atoms with Crippen LogP contribution in [0.1, 0.15) is 31.4 Å². The summed E-state index contributed by atoms with van der Waals surface area (Å²) in [5, 5.41) is 0. The smallest absolute Gasteiger partial charge is 0.232 e. The molecule has 1 saturated heterocycles. The van der Waals surface area contributed by atoms with Gasteiger partial charge in [-0.1, -0.05) is 12.1 Å². The number of hydrogen-bond donors (Lipinski definition) is 1. The fourth-order valence-corrected chi connectivity index (χ4v) is 2.96. The van der Waals surface area contributed by atoms with Gasteiger partial charge in [-0.15, -0.1) is 11.8 Å². The first kappa shape index (κ1) is 13.4. The zero-order valence-electron chi connectivity index (χ0n) is 10.8. The van der Waals surface area contributed by atoms with Crippen LogP contribution >= 0.6 is 11.8 Å². The Balaban J connectivity index is 1.89. The van der Waals surface area contributed by atoms with Crippen LogP contribution in [-0.4, -0.2) is 29.6 Å². The summed E-state index contributed by atoms with van der Waals surface area (Å²) in [7, 11) is 0. The molecule has 18 heavy (non-hydrogen) atoms. The van der Waals surface area contributed by atoms with E-state index in [0.29, 0.717) is 5.75 Å². The molecule has 1 heterocycles. The average molecular weight is 264 g/mol. The third-order valence-electron chi connectivity index (χ3n) is 3.20. The fraction of sp³-hybridized carbons (Fsp3) is 0.500. The van der Waals surface area contributed by atoms with Gasteiger partial charge in [0.05, 0.1) is 5.75 Å². The van der Waals surface area contributed by atoms with Crippen molar-refractivity contribution in [1.82, 2.24) is 4.90 Å². The van der Waals surface area contributed by atoms with Crippen LogP contribution in [0.5, 0.6) is 0 Å². The molecule has 0 bridgehead atoms. The predicted octanol–water partition coefficient (Wildman–Crippen LogP) is 2.42. The summed E-state index contributed by atoms with van der Waals surface area (Å²) in [5.41, 5.74) is 6.97. The lowest BCUT2D eigenvalue weighted by Gasteiger charge is -2.15. The van der Waals surface area contributed by atoms with Gasteiger partial charge in [0.25, 0.3) is 0 Å². The summed E-state index contributed by atoms with van der Waals surface area (Å²) >= 11 is 1.60. The number of thioether (sulfide) groups is 1. The van der Waals surface area contributed by atoms with Crippen molar-refractivity contribution in [3.05, 3.63) is 29.8 Å². The molecule has 1 fully saturated rings. The van der Waals surface area contributed by atoms with Crippen LogP contribution in [0.25, 0.3) is 0 Å². The van der Waals surface area contributed by atoms with Crippen LogP contribution in [0.3, 0.4) is 0 Å². The van der Waals surface area contributed by atoms with E-state index in [2.05, 4.69) is 6.07 Å². The minimum atomic E-state index is 0.0415. The number of rotatable bonds is 4. The lowest BCUT2D eigenvalue weighted by molar-refractivity contribution is -0.127. The van der Waals surface area contributed by atoms with Gasteiger partial charge in [-0.2, -0.15) is 0 Å². The number of nitrogens with two attached hydrogens (primary N) is 1. The Hall–Kier alpha value is -1.00. The molecule has 1 aliphatic heterocycles. The van der Waals surface area contributed by atoms with E-state index >= 15 is 0 Å². The number of benzene rings is 1. The van der Waals surface area contributed by atoms with Gasteiger partial charge in [0, 0.05) is 24.0 Å². The van der Waals surface area contributed by atoms with Crippen molar-refractivity contribution in [2.24, 2.45) is 5.73 Å². The highest BCUT2D eigenvalue weighted by Crippen LogP contribution is 2.22. The van der Waals surface area contributed by atoms with Gasteiger partial charge >= 0.3 is 0 Å². The van der Waals surface area contributed by atoms with E-state index in [1.807, 2.05) is 30.0 Å². The highest BCUT2D eigenvalue weighted by Gasteiger charge is 2.17. The van der Waals surface area contributed by atoms with Crippen molar-refractivity contribution in [3.63, 3.8) is 0 Å². The molecule has 2 rings (SSSR count). The number of carbonyl (C=O) groups is 1. The molecule has 0 saturated carbocycles. The highest BCUT2D eigenvalue weighted by molar-refractivity contribution is 8.00. The Bertz CT molecular complexity index is 414. The van der Waals surface area contributed by atoms with E-state index in [4.69, 9.17) is 5.73 Å². The molecule has 0 aliphatic carbocycles. The van der Waals surface area contributed by atoms with Gasteiger partial charge < -0.3 is 10.6 Å². The summed E-state index contributed by atoms with van der Waals surface area (Å²) in [4.78, 5) is 15.0. The third-order valence-corrected chi connectivity index (χ3v) is 4.18. The van der Waals surface area contributed by atoms with Crippen molar-refractivity contribution in [3.8, 4) is 0 Å². The Morgan fingerprint density at radius 2 is 2.17 bits per heavy atom. The molecule has 1 aliphatic rings. The van der Waals surface area contributed by atoms with Gasteiger partial charge in [-0.05, 0) is 37.5 Å². The largest absolute Gasteiger partial charge is 0.342 e. The number of carbonyl (C=O) groups excluding carboxylic acids is 1. The van der Waals surface area contributed by atoms with Gasteiger partial charge in [-0.3, -0.25) is 4.79 Å². The van der Waals surface area contributed by atoms with Crippen molar-refractivity contribution < 1.29 is 4.79 Å². The molecular formula is C14H20N2OS. The second kappa shape index (κ2) is 6.25. The molecule has 1 atom stereocenters. The lowest BCUT2D eigenvalue weighted by atomic mass is 10.1. The average Bonchev–Trinajstić information content (AvgIpc) is 2.90. The molecule has 2 N–H and O–H groups in total. The Morgan fingerprint density at radius 1 is 1.44 bits per heavy atom. The summed E-state index contributed by atoms with van der Waals surface area (Å²) in [6, 6.07) is 8.18. The fourth-order valence-electron chi connectivity index (χ4n) is 2.09. The van der Waals surface area contributed by atoms with Crippen LogP contribution < -0.4 is 5.73 Å². The van der Waals surface area contributed by atoms with E-state index in [1.54, 1.807) is 11.8 Å². The summed E-state index contributed by atoms with van der Waals surface area (Å²) in [6.45, 7) is 3.83. The Labute approximate surface area is 113 Å². The zero-order chi connectivity index (χ0) is 13.0. The third kappa shape index (κ3) is 3.50. The summed E-state index contributed by atoms with van der Waals surface area (Å²) < 4.78 is 0. The van der Waals surface area contributed by atoms with Crippen molar-refractivity contribution >= 4 is 17.7 Å². The van der Waals surface area contributed by atoms with Gasteiger partial charge in [0.1, 0.15) is 0 Å². The quantitative estimate of drug-likeness (QED) is 0.850. The van der Waals surface area contributed by atoms with Crippen LogP contribution in [-0.2, 0) is 4.79 Å². The second-order valence-electron chi connectivity index (χ2n) is 4.74. The van der Waals surface area contributed by atoms with E-state index in [0.717, 1.165) is 36.4 Å². The maximum atomic E-state index is 11.9. The van der Waals surface area contributed by atoms with Gasteiger partial charge in [0.2, 0.25) is 5.91 Å². The minimum absolute atomic E-state index is 0.0415. The van der Waals surface area contributed by atoms with Crippen molar-refractivity contribution in [1.29, 1.82) is 0 Å². The SMILES string of the molecule is CC(N)c1cccc(SCC(=O)N2CCCC2)c1. The summed E-state index contributed by atoms with van der Waals surface area (Å²) in [6.07, 6.45) is 2.30. The first-order valence-electron chi connectivity index (χ1n) is 6.43. The van der Waals surface area contributed by atoms with Crippen LogP contribution in [0.15, 0.2) is 29.2 Å². The second-order valence-corrected chi connectivity index (χ2v) is 5.79. The number of likely N-dealkylation sites (tertiary alicyclic amines) is 1. The van der Waals surface area contributed by atoms with Crippen molar-refractivity contribution in [2.45, 2.75) is 30.7 Å². The van der Waals surface area contributed by atoms with Gasteiger partial charge in [0.15, 0.2) is 0 Å². The molecule has 98 valence electrons. The van der Waals surface area contributed by atoms with Crippen LogP contribution in [0.4, 0.5) is 0 Å². The predicted molar refractivity (Wildman–Crippen MR) is 75.6 cm³/mol. The molecule has 1 amide bonds. The standard InChI is InChI=1S/C14H20N2OS/c1-11(15)12-5-4-6-13(9-12)18-10-14(17)16-7-2-3-8-16/h4-6,9,11H,2-3,7-8,10,15H2,1H3. The van der Waals surface area contributed by atoms with E-state index in [1.165, 1.54) is 0 Å². The van der Waals surface area contributed by atoms with E-state index in [-0.39, 0.29) is 11.9 Å². The number of nitrogens with zero attached hydrogens (tertiary/aromatic N) is 1. The molecule has 1 aromatic carbocycles. The molecule has 3 nitrogen and oxygen atoms in total. The Morgan fingerprint density at radius 3 is 2.83 bits per heavy atom. The number of amides is 1. The van der Waals surface area contributed by atoms with Crippen molar-refractivity contribution in [2.75, 3.05) is 18.8 Å². The highest BCUT2D eigenvalue weighted by atomic mass is 32.2. The zero-order valence-corrected chi connectivity index (χ0v) is 11.6. The summed E-state index contributed by atoms with van der Waals surface area (Å²) in [5.74, 6) is 0.784. The monoisotopic (exact) mass is 264 g/mol. The van der Waals surface area contributed by atoms with E-state index in [9.17, 15) is 4.79 Å². The van der Waals surface area contributed by atoms with Crippen LogP contribution in [0.2, 0.25) is 0 Å². The maximum Gasteiger partial charge on any atom is 0.232 e. The topological polar surface area (TPSA) is 46.3 Å². The van der Waals surface area contributed by atoms with Crippen LogP contribution in [0, 0.1) is 0 Å². The molecule has 4 heteroatoms. The Kier molecular flexibility index (Phi) is 4.66. The number of hydrogen-bond acceptors (Lipinski definition) is 3. The lowest BCUT2D eigenvalue weighted by Crippen LogP contribution is -2.29. The van der Waals surface area contributed by atoms with Gasteiger partial charge in [-0.25, -0.2) is 0 Å². The molecular weight excluding hydrogens is 244 g/mol.